The minimum atomic E-state index is -0.866. The van der Waals surface area contributed by atoms with Crippen molar-refractivity contribution < 1.29 is 14.6 Å². The Balaban J connectivity index is 2.82. The summed E-state index contributed by atoms with van der Waals surface area (Å²) in [7, 11) is 1.52. The highest BCUT2D eigenvalue weighted by molar-refractivity contribution is 6.32. The fourth-order valence-electron chi connectivity index (χ4n) is 1.41. The molecule has 0 fully saturated rings. The highest BCUT2D eigenvalue weighted by atomic mass is 35.5. The zero-order valence-corrected chi connectivity index (χ0v) is 9.70. The summed E-state index contributed by atoms with van der Waals surface area (Å²) >= 11 is 6.07. The van der Waals surface area contributed by atoms with E-state index in [0.29, 0.717) is 22.8 Å². The number of halogens is 1. The first-order valence-corrected chi connectivity index (χ1v) is 5.23. The molecule has 1 rings (SSSR count). The van der Waals surface area contributed by atoms with Crippen molar-refractivity contribution in [2.75, 3.05) is 7.11 Å². The molecule has 0 aromatic heterocycles. The Bertz CT molecular complexity index is 381. The van der Waals surface area contributed by atoms with Gasteiger partial charge < -0.3 is 15.6 Å². The molecule has 0 radical (unpaired) electrons. The number of carboxylic acid groups (broad SMARTS) is 1. The number of methoxy groups -OCH3 is 1. The van der Waals surface area contributed by atoms with Crippen LogP contribution in [0.4, 0.5) is 0 Å². The van der Waals surface area contributed by atoms with E-state index >= 15 is 0 Å². The van der Waals surface area contributed by atoms with Crippen LogP contribution in [0.3, 0.4) is 0 Å². The van der Waals surface area contributed by atoms with Gasteiger partial charge in [0.1, 0.15) is 5.75 Å². The van der Waals surface area contributed by atoms with Crippen LogP contribution in [-0.2, 0) is 4.79 Å². The first-order valence-electron chi connectivity index (χ1n) is 4.86. The van der Waals surface area contributed by atoms with Crippen LogP contribution in [0.15, 0.2) is 18.2 Å². The molecule has 0 saturated heterocycles. The Morgan fingerprint density at radius 2 is 2.31 bits per heavy atom. The fraction of sp³-hybridized carbons (Fsp3) is 0.364. The number of nitrogens with two attached hydrogens (primary N) is 1. The van der Waals surface area contributed by atoms with Gasteiger partial charge in [-0.25, -0.2) is 0 Å². The minimum Gasteiger partial charge on any atom is -0.495 e. The van der Waals surface area contributed by atoms with Crippen LogP contribution < -0.4 is 10.5 Å². The number of rotatable bonds is 5. The van der Waals surface area contributed by atoms with Crippen molar-refractivity contribution in [1.82, 2.24) is 0 Å². The van der Waals surface area contributed by atoms with Crippen molar-refractivity contribution >= 4 is 17.6 Å². The number of aliphatic carboxylic acids is 1. The Morgan fingerprint density at radius 3 is 2.88 bits per heavy atom. The zero-order valence-electron chi connectivity index (χ0n) is 8.94. The Labute approximate surface area is 99.0 Å². The summed E-state index contributed by atoms with van der Waals surface area (Å²) in [6.45, 7) is 0. The van der Waals surface area contributed by atoms with Crippen molar-refractivity contribution in [2.45, 2.75) is 18.9 Å². The number of carboxylic acids is 1. The van der Waals surface area contributed by atoms with E-state index in [4.69, 9.17) is 27.2 Å². The van der Waals surface area contributed by atoms with E-state index < -0.39 is 12.0 Å². The van der Waals surface area contributed by atoms with E-state index in [1.807, 2.05) is 0 Å². The van der Waals surface area contributed by atoms with Crippen molar-refractivity contribution in [3.63, 3.8) is 0 Å². The van der Waals surface area contributed by atoms with Gasteiger partial charge in [0.2, 0.25) is 0 Å². The molecule has 0 amide bonds. The quantitative estimate of drug-likeness (QED) is 0.832. The van der Waals surface area contributed by atoms with E-state index in [-0.39, 0.29) is 6.42 Å². The largest absolute Gasteiger partial charge is 0.495 e. The second-order valence-electron chi connectivity index (χ2n) is 3.40. The normalized spacial score (nSPS) is 12.2. The molecule has 0 saturated carbocycles. The van der Waals surface area contributed by atoms with Gasteiger partial charge in [-0.3, -0.25) is 4.79 Å². The maximum Gasteiger partial charge on any atom is 0.303 e. The molecule has 1 atom stereocenters. The standard InChI is InChI=1S/C11H14ClNO3/c1-16-9-4-2-3-7(11(9)12)8(13)5-6-10(14)15/h2-4,8H,5-6,13H2,1H3,(H,14,15). The van der Waals surface area contributed by atoms with Crippen LogP contribution in [0.2, 0.25) is 5.02 Å². The molecular formula is C11H14ClNO3. The average molecular weight is 244 g/mol. The average Bonchev–Trinajstić information content (AvgIpc) is 2.26. The predicted molar refractivity (Wildman–Crippen MR) is 61.8 cm³/mol. The summed E-state index contributed by atoms with van der Waals surface area (Å²) < 4.78 is 5.06. The molecule has 88 valence electrons. The lowest BCUT2D eigenvalue weighted by Gasteiger charge is -2.14. The summed E-state index contributed by atoms with van der Waals surface area (Å²) in [4.78, 5) is 10.4. The molecule has 0 heterocycles. The topological polar surface area (TPSA) is 72.5 Å². The zero-order chi connectivity index (χ0) is 12.1. The molecule has 5 heteroatoms. The predicted octanol–water partition coefficient (Wildman–Crippen LogP) is 2.21. The van der Waals surface area contributed by atoms with Crippen LogP contribution in [0, 0.1) is 0 Å². The highest BCUT2D eigenvalue weighted by Crippen LogP contribution is 2.32. The van der Waals surface area contributed by atoms with Crippen LogP contribution in [0.5, 0.6) is 5.75 Å². The SMILES string of the molecule is COc1cccc(C(N)CCC(=O)O)c1Cl. The molecule has 3 N–H and O–H groups in total. The summed E-state index contributed by atoms with van der Waals surface area (Å²) in [6.07, 6.45) is 0.372. The van der Waals surface area contributed by atoms with Crippen LogP contribution in [-0.4, -0.2) is 18.2 Å². The van der Waals surface area contributed by atoms with Gasteiger partial charge in [-0.2, -0.15) is 0 Å². The number of hydrogen-bond donors (Lipinski definition) is 2. The van der Waals surface area contributed by atoms with Gasteiger partial charge in [-0.1, -0.05) is 23.7 Å². The van der Waals surface area contributed by atoms with E-state index in [9.17, 15) is 4.79 Å². The van der Waals surface area contributed by atoms with Gasteiger partial charge in [0.05, 0.1) is 12.1 Å². The molecule has 0 aliphatic heterocycles. The monoisotopic (exact) mass is 243 g/mol. The van der Waals surface area contributed by atoms with Gasteiger partial charge >= 0.3 is 5.97 Å². The third-order valence-corrected chi connectivity index (χ3v) is 2.69. The molecule has 1 aromatic rings. The molecule has 16 heavy (non-hydrogen) atoms. The van der Waals surface area contributed by atoms with E-state index in [0.717, 1.165) is 0 Å². The Kier molecular flexibility index (Phi) is 4.58. The lowest BCUT2D eigenvalue weighted by Crippen LogP contribution is -2.13. The molecule has 4 nitrogen and oxygen atoms in total. The molecule has 1 unspecified atom stereocenters. The fourth-order valence-corrected chi connectivity index (χ4v) is 1.75. The van der Waals surface area contributed by atoms with E-state index in [1.165, 1.54) is 7.11 Å². The van der Waals surface area contributed by atoms with Gasteiger partial charge in [-0.15, -0.1) is 0 Å². The van der Waals surface area contributed by atoms with E-state index in [1.54, 1.807) is 18.2 Å². The number of carbonyl (C=O) groups is 1. The van der Waals surface area contributed by atoms with Gasteiger partial charge in [-0.05, 0) is 18.1 Å². The smallest absolute Gasteiger partial charge is 0.303 e. The van der Waals surface area contributed by atoms with Crippen LogP contribution in [0.1, 0.15) is 24.4 Å². The molecule has 0 aliphatic carbocycles. The number of ether oxygens (including phenoxy) is 1. The molecule has 0 bridgehead atoms. The Hall–Kier alpha value is -1.26. The Morgan fingerprint density at radius 1 is 1.62 bits per heavy atom. The summed E-state index contributed by atoms with van der Waals surface area (Å²) in [5.41, 5.74) is 6.57. The summed E-state index contributed by atoms with van der Waals surface area (Å²) in [5, 5.41) is 9.01. The van der Waals surface area contributed by atoms with Crippen molar-refractivity contribution in [3.05, 3.63) is 28.8 Å². The molecule has 1 aromatic carbocycles. The third kappa shape index (κ3) is 3.12. The third-order valence-electron chi connectivity index (χ3n) is 2.28. The maximum absolute atomic E-state index is 10.4. The molecular weight excluding hydrogens is 230 g/mol. The minimum absolute atomic E-state index is 0.0225. The summed E-state index contributed by atoms with van der Waals surface area (Å²) in [5.74, 6) is -0.320. The lowest BCUT2D eigenvalue weighted by molar-refractivity contribution is -0.137. The van der Waals surface area contributed by atoms with Crippen LogP contribution in [0.25, 0.3) is 0 Å². The van der Waals surface area contributed by atoms with E-state index in [2.05, 4.69) is 0 Å². The number of benzene rings is 1. The first-order chi connectivity index (χ1) is 7.56. The molecule has 0 aliphatic rings. The first kappa shape index (κ1) is 12.8. The van der Waals surface area contributed by atoms with Gasteiger partial charge in [0, 0.05) is 12.5 Å². The van der Waals surface area contributed by atoms with Gasteiger partial charge in [0.15, 0.2) is 0 Å². The maximum atomic E-state index is 10.4. The number of hydrogen-bond acceptors (Lipinski definition) is 3. The second-order valence-corrected chi connectivity index (χ2v) is 3.78. The van der Waals surface area contributed by atoms with Crippen molar-refractivity contribution in [3.8, 4) is 5.75 Å². The van der Waals surface area contributed by atoms with Gasteiger partial charge in [0.25, 0.3) is 0 Å². The van der Waals surface area contributed by atoms with Crippen LogP contribution >= 0.6 is 11.6 Å². The second kappa shape index (κ2) is 5.72. The highest BCUT2D eigenvalue weighted by Gasteiger charge is 2.14. The van der Waals surface area contributed by atoms with Crippen molar-refractivity contribution in [2.24, 2.45) is 5.73 Å². The summed E-state index contributed by atoms with van der Waals surface area (Å²) in [6, 6.07) is 4.90. The molecule has 0 spiro atoms. The van der Waals surface area contributed by atoms with Crippen molar-refractivity contribution in [1.29, 1.82) is 0 Å². The lowest BCUT2D eigenvalue weighted by atomic mass is 10.0.